The molecule has 1 saturated carbocycles. The van der Waals surface area contributed by atoms with Crippen molar-refractivity contribution in [3.63, 3.8) is 0 Å². The van der Waals surface area contributed by atoms with Gasteiger partial charge in [-0.1, -0.05) is 27.2 Å². The van der Waals surface area contributed by atoms with Gasteiger partial charge in [0.15, 0.2) is 5.01 Å². The maximum absolute atomic E-state index is 14.1. The largest absolute Gasteiger partial charge is 0.405 e. The highest BCUT2D eigenvalue weighted by atomic mass is 32.1. The van der Waals surface area contributed by atoms with Crippen molar-refractivity contribution >= 4 is 29.0 Å². The van der Waals surface area contributed by atoms with Gasteiger partial charge in [-0.05, 0) is 51.5 Å². The van der Waals surface area contributed by atoms with Crippen LogP contribution in [0.2, 0.25) is 0 Å². The van der Waals surface area contributed by atoms with Crippen LogP contribution in [-0.4, -0.2) is 57.5 Å². The van der Waals surface area contributed by atoms with Crippen LogP contribution in [-0.2, 0) is 0 Å². The minimum atomic E-state index is -4.56. The van der Waals surface area contributed by atoms with Crippen molar-refractivity contribution in [1.82, 2.24) is 20.2 Å². The van der Waals surface area contributed by atoms with E-state index in [1.54, 1.807) is 4.90 Å². The molecule has 4 rings (SSSR count). The Balaban J connectivity index is 0.00000216. The van der Waals surface area contributed by atoms with E-state index in [0.29, 0.717) is 0 Å². The van der Waals surface area contributed by atoms with Crippen LogP contribution in [0.15, 0.2) is 12.3 Å². The molecular formula is C27H36F5N5O2S. The normalized spacial score (nSPS) is 19.2. The van der Waals surface area contributed by atoms with Crippen LogP contribution in [0.1, 0.15) is 105 Å². The van der Waals surface area contributed by atoms with Crippen molar-refractivity contribution in [3.05, 3.63) is 28.5 Å². The van der Waals surface area contributed by atoms with E-state index >= 15 is 0 Å². The standard InChI is InChI=1S/C25H30F5N5O2S.C2H6/c1-3-5-15-9-8-13(2)35(15)24(37)19-20(38-23(34-19)22(36)33-14-6-4-7-14)17-11-31-18(10-16(17)21(26)27)32-12-25(28,29)30;1-2/h10-11,13-15,21H,3-9,12H2,1-2H3,(H,31,32)(H,33,36);1-2H3. The summed E-state index contributed by atoms with van der Waals surface area (Å²) < 4.78 is 66.2. The van der Waals surface area contributed by atoms with Crippen LogP contribution >= 0.6 is 11.3 Å². The van der Waals surface area contributed by atoms with Gasteiger partial charge < -0.3 is 15.5 Å². The topological polar surface area (TPSA) is 87.2 Å². The Kier molecular flexibility index (Phi) is 10.8. The van der Waals surface area contributed by atoms with Gasteiger partial charge in [0.2, 0.25) is 0 Å². The summed E-state index contributed by atoms with van der Waals surface area (Å²) in [4.78, 5) is 36.7. The summed E-state index contributed by atoms with van der Waals surface area (Å²) >= 11 is 0.811. The maximum atomic E-state index is 14.1. The van der Waals surface area contributed by atoms with E-state index < -0.39 is 36.5 Å². The molecular weight excluding hydrogens is 553 g/mol. The van der Waals surface area contributed by atoms with Crippen LogP contribution < -0.4 is 10.6 Å². The van der Waals surface area contributed by atoms with Gasteiger partial charge in [-0.3, -0.25) is 9.59 Å². The average molecular weight is 590 g/mol. The predicted octanol–water partition coefficient (Wildman–Crippen LogP) is 7.22. The molecule has 2 amide bonds. The fraction of sp³-hybridized carbons (Fsp3) is 0.630. The summed E-state index contributed by atoms with van der Waals surface area (Å²) in [5, 5.41) is 4.82. The Morgan fingerprint density at radius 1 is 1.18 bits per heavy atom. The first-order valence-corrected chi connectivity index (χ1v) is 14.5. The molecule has 2 N–H and O–H groups in total. The van der Waals surface area contributed by atoms with Crippen molar-refractivity contribution in [1.29, 1.82) is 0 Å². The SMILES string of the molecule is CC.CCCC1CCC(C)N1C(=O)c1nc(C(=O)NC2CCC2)sc1-c1cnc(NCC(F)(F)F)cc1C(F)F. The first-order chi connectivity index (χ1) is 19.0. The molecule has 2 fully saturated rings. The molecule has 3 heterocycles. The number of thiazole rings is 1. The third-order valence-corrected chi connectivity index (χ3v) is 8.08. The zero-order valence-corrected chi connectivity index (χ0v) is 23.9. The first-order valence-electron chi connectivity index (χ1n) is 13.7. The summed E-state index contributed by atoms with van der Waals surface area (Å²) in [7, 11) is 0. The molecule has 0 radical (unpaired) electrons. The Morgan fingerprint density at radius 3 is 2.45 bits per heavy atom. The third kappa shape index (κ3) is 7.46. The van der Waals surface area contributed by atoms with Gasteiger partial charge in [0, 0.05) is 35.4 Å². The van der Waals surface area contributed by atoms with Crippen LogP contribution in [0.25, 0.3) is 10.4 Å². The van der Waals surface area contributed by atoms with Gasteiger partial charge in [0.05, 0.1) is 4.88 Å². The lowest BCUT2D eigenvalue weighted by atomic mass is 9.93. The Labute approximate surface area is 235 Å². The smallest absolute Gasteiger partial charge is 0.361 e. The van der Waals surface area contributed by atoms with Crippen molar-refractivity contribution in [2.45, 2.75) is 103 Å². The molecule has 222 valence electrons. The average Bonchev–Trinajstić information content (AvgIpc) is 3.49. The number of rotatable bonds is 9. The molecule has 2 aromatic heterocycles. The summed E-state index contributed by atoms with van der Waals surface area (Å²) in [6, 6.07) is 0.707. The highest BCUT2D eigenvalue weighted by Gasteiger charge is 2.38. The number of anilines is 1. The Hall–Kier alpha value is -2.83. The lowest BCUT2D eigenvalue weighted by Crippen LogP contribution is -2.41. The fourth-order valence-electron chi connectivity index (χ4n) is 4.85. The van der Waals surface area contributed by atoms with Gasteiger partial charge in [0.25, 0.3) is 18.2 Å². The molecule has 0 bridgehead atoms. The zero-order chi connectivity index (χ0) is 29.6. The molecule has 1 aliphatic heterocycles. The second kappa shape index (κ2) is 13.7. The fourth-order valence-corrected chi connectivity index (χ4v) is 5.84. The molecule has 2 aromatic rings. The number of halogens is 5. The van der Waals surface area contributed by atoms with Crippen molar-refractivity contribution < 1.29 is 31.5 Å². The molecule has 1 saturated heterocycles. The number of nitrogens with one attached hydrogen (secondary N) is 2. The molecule has 13 heteroatoms. The number of aromatic nitrogens is 2. The predicted molar refractivity (Wildman–Crippen MR) is 145 cm³/mol. The summed E-state index contributed by atoms with van der Waals surface area (Å²) in [5.41, 5.74) is -0.865. The van der Waals surface area contributed by atoms with E-state index in [1.807, 2.05) is 33.0 Å². The summed E-state index contributed by atoms with van der Waals surface area (Å²) in [5.74, 6) is -1.32. The van der Waals surface area contributed by atoms with Crippen molar-refractivity contribution in [3.8, 4) is 10.4 Å². The molecule has 0 spiro atoms. The summed E-state index contributed by atoms with van der Waals surface area (Å²) in [6.45, 7) is 6.48. The van der Waals surface area contributed by atoms with Crippen LogP contribution in [0, 0.1) is 0 Å². The minimum absolute atomic E-state index is 0.00109. The van der Waals surface area contributed by atoms with Gasteiger partial charge in [-0.15, -0.1) is 11.3 Å². The lowest BCUT2D eigenvalue weighted by molar-refractivity contribution is -0.115. The second-order valence-corrected chi connectivity index (χ2v) is 10.8. The number of nitrogens with zero attached hydrogens (tertiary/aromatic N) is 3. The molecule has 2 unspecified atom stereocenters. The van der Waals surface area contributed by atoms with E-state index in [9.17, 15) is 31.5 Å². The Bertz CT molecular complexity index is 1170. The number of pyridine rings is 1. The van der Waals surface area contributed by atoms with Crippen molar-refractivity contribution in [2.75, 3.05) is 11.9 Å². The molecule has 1 aliphatic carbocycles. The van der Waals surface area contributed by atoms with Crippen LogP contribution in [0.3, 0.4) is 0 Å². The summed E-state index contributed by atoms with van der Waals surface area (Å²) in [6.07, 6.45) is -0.775. The van der Waals surface area contributed by atoms with Gasteiger partial charge in [-0.25, -0.2) is 18.7 Å². The monoisotopic (exact) mass is 589 g/mol. The van der Waals surface area contributed by atoms with E-state index in [2.05, 4.69) is 15.3 Å². The minimum Gasteiger partial charge on any atom is -0.361 e. The second-order valence-electron chi connectivity index (χ2n) is 9.81. The highest BCUT2D eigenvalue weighted by molar-refractivity contribution is 7.17. The van der Waals surface area contributed by atoms with E-state index in [4.69, 9.17) is 0 Å². The van der Waals surface area contributed by atoms with Gasteiger partial charge >= 0.3 is 6.18 Å². The number of amides is 2. The van der Waals surface area contributed by atoms with Gasteiger partial charge in [-0.2, -0.15) is 13.2 Å². The zero-order valence-electron chi connectivity index (χ0n) is 23.1. The molecule has 40 heavy (non-hydrogen) atoms. The van der Waals surface area contributed by atoms with E-state index in [0.717, 1.165) is 68.5 Å². The van der Waals surface area contributed by atoms with E-state index in [1.165, 1.54) is 0 Å². The molecule has 0 aromatic carbocycles. The van der Waals surface area contributed by atoms with Crippen LogP contribution in [0.5, 0.6) is 0 Å². The highest BCUT2D eigenvalue weighted by Crippen LogP contribution is 2.40. The molecule has 2 aliphatic rings. The van der Waals surface area contributed by atoms with Gasteiger partial charge in [0.1, 0.15) is 18.1 Å². The number of hydrogen-bond acceptors (Lipinski definition) is 6. The quantitative estimate of drug-likeness (QED) is 0.302. The van der Waals surface area contributed by atoms with Crippen LogP contribution in [0.4, 0.5) is 27.8 Å². The lowest BCUT2D eigenvalue weighted by Gasteiger charge is -2.28. The number of alkyl halides is 5. The third-order valence-electron chi connectivity index (χ3n) is 6.99. The number of carbonyl (C=O) groups is 2. The maximum Gasteiger partial charge on any atom is 0.405 e. The number of likely N-dealkylation sites (tertiary alicyclic amines) is 1. The Morgan fingerprint density at radius 2 is 1.88 bits per heavy atom. The molecule has 2 atom stereocenters. The number of hydrogen-bond donors (Lipinski definition) is 2. The van der Waals surface area contributed by atoms with Crippen molar-refractivity contribution in [2.24, 2.45) is 0 Å². The van der Waals surface area contributed by atoms with E-state index in [-0.39, 0.29) is 45.1 Å². The number of carbonyl (C=O) groups excluding carboxylic acids is 2. The molecule has 7 nitrogen and oxygen atoms in total. The first kappa shape index (κ1) is 31.7.